The zero-order valence-corrected chi connectivity index (χ0v) is 22.4. The van der Waals surface area contributed by atoms with Gasteiger partial charge in [0.05, 0.1) is 34.1 Å². The number of pyridine rings is 1. The summed E-state index contributed by atoms with van der Waals surface area (Å²) in [6.45, 7) is 1.30. The lowest BCUT2D eigenvalue weighted by atomic mass is 10.2. The molecule has 0 unspecified atom stereocenters. The average Bonchev–Trinajstić information content (AvgIpc) is 2.91. The van der Waals surface area contributed by atoms with Gasteiger partial charge >= 0.3 is 11.9 Å². The molecule has 0 radical (unpaired) electrons. The molecule has 8 nitrogen and oxygen atoms in total. The Labute approximate surface area is 234 Å². The van der Waals surface area contributed by atoms with E-state index in [1.807, 2.05) is 0 Å². The zero-order chi connectivity index (χ0) is 29.2. The molecule has 1 N–H and O–H groups in total. The van der Waals surface area contributed by atoms with Crippen LogP contribution in [-0.2, 0) is 12.7 Å². The van der Waals surface area contributed by atoms with Crippen LogP contribution in [-0.4, -0.2) is 27.0 Å². The highest BCUT2D eigenvalue weighted by molar-refractivity contribution is 6.33. The number of benzene rings is 2. The Morgan fingerprint density at radius 1 is 1.07 bits per heavy atom. The van der Waals surface area contributed by atoms with Gasteiger partial charge in [-0.1, -0.05) is 35.3 Å². The van der Waals surface area contributed by atoms with Gasteiger partial charge in [-0.3, -0.25) is 19.8 Å². The summed E-state index contributed by atoms with van der Waals surface area (Å²) in [6, 6.07) is 12.5. The topological polar surface area (TPSA) is 84.5 Å². The van der Waals surface area contributed by atoms with Gasteiger partial charge in [0.1, 0.15) is 5.82 Å². The predicted molar refractivity (Wildman–Crippen MR) is 146 cm³/mol. The number of halogens is 6. The molecule has 0 aliphatic rings. The van der Waals surface area contributed by atoms with Gasteiger partial charge in [-0.25, -0.2) is 18.8 Å². The summed E-state index contributed by atoms with van der Waals surface area (Å²) >= 11 is 12.0. The molecule has 2 aromatic carbocycles. The second-order valence-corrected chi connectivity index (χ2v) is 9.40. The van der Waals surface area contributed by atoms with E-state index < -0.39 is 28.8 Å². The molecule has 2 aromatic heterocycles. The van der Waals surface area contributed by atoms with E-state index in [-0.39, 0.29) is 28.7 Å². The number of nitrogens with zero attached hydrogens (tertiary/aromatic N) is 5. The van der Waals surface area contributed by atoms with Crippen LogP contribution < -0.4 is 21.7 Å². The van der Waals surface area contributed by atoms with Crippen LogP contribution in [0.3, 0.4) is 0 Å². The first-order valence-corrected chi connectivity index (χ1v) is 12.2. The molecule has 40 heavy (non-hydrogen) atoms. The molecule has 0 amide bonds. The van der Waals surface area contributed by atoms with Crippen molar-refractivity contribution < 1.29 is 17.6 Å². The highest BCUT2D eigenvalue weighted by Gasteiger charge is 2.32. The highest BCUT2D eigenvalue weighted by atomic mass is 35.5. The summed E-state index contributed by atoms with van der Waals surface area (Å²) < 4.78 is 54.7. The third kappa shape index (κ3) is 6.35. The van der Waals surface area contributed by atoms with Crippen LogP contribution in [0.4, 0.5) is 29.1 Å². The minimum absolute atomic E-state index is 0.0157. The van der Waals surface area contributed by atoms with Crippen molar-refractivity contribution in [3.63, 3.8) is 0 Å². The third-order valence-corrected chi connectivity index (χ3v) is 6.30. The van der Waals surface area contributed by atoms with E-state index in [1.54, 1.807) is 24.3 Å². The number of anilines is 2. The molecule has 0 saturated carbocycles. The normalized spacial score (nSPS) is 11.9. The van der Waals surface area contributed by atoms with Crippen LogP contribution >= 0.6 is 23.2 Å². The van der Waals surface area contributed by atoms with Crippen LogP contribution in [0.15, 0.2) is 81.7 Å². The Hall–Kier alpha value is -4.16. The Morgan fingerprint density at radius 2 is 1.73 bits per heavy atom. The van der Waals surface area contributed by atoms with Crippen LogP contribution in [0.5, 0.6) is 0 Å². The van der Waals surface area contributed by atoms with Crippen LogP contribution in [0.2, 0.25) is 10.0 Å². The van der Waals surface area contributed by atoms with Crippen molar-refractivity contribution >= 4 is 40.4 Å². The monoisotopic (exact) mass is 594 g/mol. The van der Waals surface area contributed by atoms with Gasteiger partial charge in [-0.05, 0) is 55.0 Å². The lowest BCUT2D eigenvalue weighted by Crippen LogP contribution is -2.48. The second-order valence-electron chi connectivity index (χ2n) is 8.55. The highest BCUT2D eigenvalue weighted by Crippen LogP contribution is 2.33. The number of hydrazone groups is 1. The van der Waals surface area contributed by atoms with Crippen molar-refractivity contribution in [3.05, 3.63) is 120 Å². The minimum atomic E-state index is -4.68. The van der Waals surface area contributed by atoms with Gasteiger partial charge in [0, 0.05) is 24.5 Å². The third-order valence-electron chi connectivity index (χ3n) is 5.77. The standard InChI is InChI=1S/C26H20Cl2F4N6O2/c1-15(34-35-20-9-5-18(27)6-10-20)21-14-38(36(2)23-22(28)11-17(12-33-23)26(30,31)32)25(40)37(24(21)39)13-16-3-7-19(29)8-4-16/h3-12,14,35H,13H2,1-2H3/b34-15-. The molecule has 0 aliphatic carbocycles. The molecule has 0 aliphatic heterocycles. The first kappa shape index (κ1) is 28.8. The Balaban J connectivity index is 1.83. The summed E-state index contributed by atoms with van der Waals surface area (Å²) in [5.41, 5.74) is 1.36. The van der Waals surface area contributed by atoms with Crippen molar-refractivity contribution in [1.82, 2.24) is 14.2 Å². The maximum absolute atomic E-state index is 13.5. The molecule has 4 rings (SSSR count). The number of nitrogens with one attached hydrogen (secondary N) is 1. The van der Waals surface area contributed by atoms with Crippen LogP contribution in [0.1, 0.15) is 23.6 Å². The van der Waals surface area contributed by atoms with E-state index in [9.17, 15) is 27.2 Å². The van der Waals surface area contributed by atoms with Gasteiger partial charge < -0.3 is 0 Å². The van der Waals surface area contributed by atoms with Crippen molar-refractivity contribution in [1.29, 1.82) is 0 Å². The molecule has 2 heterocycles. The molecule has 4 aromatic rings. The van der Waals surface area contributed by atoms with E-state index >= 15 is 0 Å². The number of alkyl halides is 3. The van der Waals surface area contributed by atoms with Crippen LogP contribution in [0, 0.1) is 5.82 Å². The van der Waals surface area contributed by atoms with E-state index in [0.717, 1.165) is 14.3 Å². The van der Waals surface area contributed by atoms with Crippen LogP contribution in [0.25, 0.3) is 0 Å². The van der Waals surface area contributed by atoms with Gasteiger partial charge in [0.25, 0.3) is 5.56 Å². The molecule has 0 fully saturated rings. The molecule has 208 valence electrons. The molecule has 0 saturated heterocycles. The first-order chi connectivity index (χ1) is 18.8. The van der Waals surface area contributed by atoms with Gasteiger partial charge in [-0.2, -0.15) is 18.3 Å². The van der Waals surface area contributed by atoms with Gasteiger partial charge in [0.15, 0.2) is 5.82 Å². The van der Waals surface area contributed by atoms with E-state index in [0.29, 0.717) is 28.5 Å². The predicted octanol–water partition coefficient (Wildman–Crippen LogP) is 5.65. The maximum Gasteiger partial charge on any atom is 0.417 e. The van der Waals surface area contributed by atoms with Crippen molar-refractivity contribution in [3.8, 4) is 0 Å². The zero-order valence-electron chi connectivity index (χ0n) is 20.9. The summed E-state index contributed by atoms with van der Waals surface area (Å²) in [5, 5.41) is 5.48. The number of rotatable bonds is 7. The fraction of sp³-hybridized carbons (Fsp3) is 0.154. The van der Waals surface area contributed by atoms with E-state index in [1.165, 1.54) is 44.4 Å². The largest absolute Gasteiger partial charge is 0.417 e. The van der Waals surface area contributed by atoms with E-state index in [2.05, 4.69) is 15.5 Å². The number of aromatic nitrogens is 3. The summed E-state index contributed by atoms with van der Waals surface area (Å²) in [4.78, 5) is 30.7. The summed E-state index contributed by atoms with van der Waals surface area (Å²) in [6.07, 6.45) is -2.91. The lowest BCUT2D eigenvalue weighted by Gasteiger charge is -2.23. The first-order valence-electron chi connectivity index (χ1n) is 11.5. The fourth-order valence-electron chi connectivity index (χ4n) is 3.62. The average molecular weight is 595 g/mol. The molecule has 14 heteroatoms. The fourth-order valence-corrected chi connectivity index (χ4v) is 4.04. The molecular weight excluding hydrogens is 575 g/mol. The molecular formula is C26H20Cl2F4N6O2. The number of hydrogen-bond donors (Lipinski definition) is 1. The Bertz CT molecular complexity index is 1680. The van der Waals surface area contributed by atoms with Crippen molar-refractivity contribution in [2.45, 2.75) is 19.6 Å². The summed E-state index contributed by atoms with van der Waals surface area (Å²) in [5.74, 6) is -0.676. The maximum atomic E-state index is 13.5. The SMILES string of the molecule is C/C(=N/Nc1ccc(Cl)cc1)c1cn(N(C)c2ncc(C(F)(F)F)cc2Cl)c(=O)n(Cc2ccc(F)cc2)c1=O. The number of hydrogen-bond acceptors (Lipinski definition) is 6. The minimum Gasteiger partial charge on any atom is -0.278 e. The van der Waals surface area contributed by atoms with Gasteiger partial charge in [0.2, 0.25) is 0 Å². The Morgan fingerprint density at radius 3 is 2.33 bits per heavy atom. The molecule has 0 spiro atoms. The van der Waals surface area contributed by atoms with Crippen molar-refractivity contribution in [2.24, 2.45) is 5.10 Å². The second kappa shape index (κ2) is 11.5. The van der Waals surface area contributed by atoms with Crippen molar-refractivity contribution in [2.75, 3.05) is 17.5 Å². The smallest absolute Gasteiger partial charge is 0.278 e. The Kier molecular flexibility index (Phi) is 8.31. The summed E-state index contributed by atoms with van der Waals surface area (Å²) in [7, 11) is 1.35. The van der Waals surface area contributed by atoms with Gasteiger partial charge in [-0.15, -0.1) is 0 Å². The quantitative estimate of drug-likeness (QED) is 0.170. The van der Waals surface area contributed by atoms with E-state index in [4.69, 9.17) is 23.2 Å². The lowest BCUT2D eigenvalue weighted by molar-refractivity contribution is -0.137. The molecule has 0 atom stereocenters. The molecule has 0 bridgehead atoms.